The monoisotopic (exact) mass is 408 g/mol. The van der Waals surface area contributed by atoms with Gasteiger partial charge >= 0.3 is 0 Å². The molecule has 0 aromatic carbocycles. The molecule has 1 heterocycles. The lowest BCUT2D eigenvalue weighted by atomic mass is 9.49. The summed E-state index contributed by atoms with van der Waals surface area (Å²) in [4.78, 5) is 12.8. The normalized spacial score (nSPS) is 45.1. The van der Waals surface area contributed by atoms with Crippen LogP contribution in [-0.2, 0) is 14.3 Å². The van der Waals surface area contributed by atoms with Gasteiger partial charge in [-0.3, -0.25) is 4.79 Å². The van der Waals surface area contributed by atoms with Crippen molar-refractivity contribution in [3.8, 4) is 0 Å². The van der Waals surface area contributed by atoms with Crippen molar-refractivity contribution in [2.75, 3.05) is 13.2 Å². The second-order valence-electron chi connectivity index (χ2n) is 12.1. The molecule has 3 nitrogen and oxygen atoms in total. The van der Waals surface area contributed by atoms with Crippen molar-refractivity contribution in [1.82, 2.24) is 0 Å². The number of hydrogen-bond donors (Lipinski definition) is 0. The smallest absolute Gasteiger partial charge is 0.172 e. The van der Waals surface area contributed by atoms with Gasteiger partial charge in [-0.25, -0.2) is 0 Å². The second kappa shape index (κ2) is 5.78. The standard InChI is InChI=1S/C27H36O3/c1-18(28)25-11-13-26(14-12-25)22-6-5-19-15-27(29-16-23(2,3)17-30-27)10-8-20(19)21(22)7-9-24(25,26)4/h7,11,13,22H,5-6,8-10,12,14-17H2,1-4H3/t22-,24-,25+,26-/m1/s1. The third-order valence-corrected chi connectivity index (χ3v) is 10.2. The van der Waals surface area contributed by atoms with Crippen LogP contribution in [0.15, 0.2) is 34.9 Å². The first-order valence-corrected chi connectivity index (χ1v) is 12.1. The zero-order chi connectivity index (χ0) is 21.0. The Bertz CT molecular complexity index is 910. The summed E-state index contributed by atoms with van der Waals surface area (Å²) in [5, 5.41) is 0. The molecule has 4 atom stereocenters. The first-order valence-electron chi connectivity index (χ1n) is 12.1. The van der Waals surface area contributed by atoms with E-state index in [1.807, 2.05) is 6.92 Å². The van der Waals surface area contributed by atoms with Crippen LogP contribution in [0.2, 0.25) is 0 Å². The van der Waals surface area contributed by atoms with Gasteiger partial charge in [0.1, 0.15) is 5.78 Å². The van der Waals surface area contributed by atoms with E-state index in [1.165, 1.54) is 12.8 Å². The van der Waals surface area contributed by atoms with Crippen LogP contribution in [0.3, 0.4) is 0 Å². The fourth-order valence-corrected chi connectivity index (χ4v) is 8.31. The van der Waals surface area contributed by atoms with Gasteiger partial charge in [-0.05, 0) is 67.9 Å². The number of hydrogen-bond acceptors (Lipinski definition) is 3. The highest BCUT2D eigenvalue weighted by atomic mass is 16.7. The summed E-state index contributed by atoms with van der Waals surface area (Å²) in [6.07, 6.45) is 16.0. The molecule has 0 N–H and O–H groups in total. The molecule has 0 radical (unpaired) electrons. The molecule has 1 saturated carbocycles. The minimum atomic E-state index is -0.381. The number of carbonyl (C=O) groups is 1. The Morgan fingerprint density at radius 3 is 2.47 bits per heavy atom. The van der Waals surface area contributed by atoms with E-state index in [2.05, 4.69) is 39.0 Å². The molecule has 162 valence electrons. The van der Waals surface area contributed by atoms with Gasteiger partial charge < -0.3 is 9.47 Å². The molecule has 2 fully saturated rings. The summed E-state index contributed by atoms with van der Waals surface area (Å²) in [6.45, 7) is 10.3. The Morgan fingerprint density at radius 2 is 1.80 bits per heavy atom. The lowest BCUT2D eigenvalue weighted by Gasteiger charge is -2.55. The fourth-order valence-electron chi connectivity index (χ4n) is 8.31. The summed E-state index contributed by atoms with van der Waals surface area (Å²) in [7, 11) is 0. The van der Waals surface area contributed by atoms with Crippen molar-refractivity contribution in [1.29, 1.82) is 0 Å². The molecule has 6 aliphatic rings. The molecule has 0 amide bonds. The Kier molecular flexibility index (Phi) is 3.76. The fraction of sp³-hybridized carbons (Fsp3) is 0.741. The number of ketones is 1. The average molecular weight is 409 g/mol. The third-order valence-electron chi connectivity index (χ3n) is 10.2. The maximum atomic E-state index is 12.8. The highest BCUT2D eigenvalue weighted by molar-refractivity contribution is 5.87. The molecule has 0 aromatic rings. The molecule has 6 rings (SSSR count). The first kappa shape index (κ1) is 19.5. The molecule has 1 aliphatic heterocycles. The Hall–Kier alpha value is -1.19. The topological polar surface area (TPSA) is 35.5 Å². The summed E-state index contributed by atoms with van der Waals surface area (Å²) in [6, 6.07) is 0. The minimum Gasteiger partial charge on any atom is -0.349 e. The van der Waals surface area contributed by atoms with Crippen LogP contribution < -0.4 is 0 Å². The SMILES string of the molecule is CC(=O)[C@]12C=C[C@@]3(CC1)[C@@H]1CCC4=C(CCC5(C4)OCC(C)(C)CO5)C1=CC[C@]23C. The van der Waals surface area contributed by atoms with E-state index in [0.29, 0.717) is 11.7 Å². The maximum absolute atomic E-state index is 12.8. The largest absolute Gasteiger partial charge is 0.349 e. The number of Topliss-reactive ketones (excluding diaryl/α,β-unsaturated/α-hetero) is 1. The van der Waals surface area contributed by atoms with E-state index in [9.17, 15) is 4.79 Å². The van der Waals surface area contributed by atoms with E-state index in [0.717, 1.165) is 51.7 Å². The van der Waals surface area contributed by atoms with Crippen LogP contribution in [0.4, 0.5) is 0 Å². The summed E-state index contributed by atoms with van der Waals surface area (Å²) >= 11 is 0. The first-order chi connectivity index (χ1) is 14.2. The van der Waals surface area contributed by atoms with E-state index in [-0.39, 0.29) is 27.4 Å². The predicted molar refractivity (Wildman–Crippen MR) is 117 cm³/mol. The van der Waals surface area contributed by atoms with Crippen LogP contribution in [0.25, 0.3) is 0 Å². The number of allylic oxidation sites excluding steroid dienone is 5. The average Bonchev–Trinajstić information content (AvgIpc) is 3.15. The summed E-state index contributed by atoms with van der Waals surface area (Å²) in [5.41, 5.74) is 4.95. The molecule has 1 spiro atoms. The van der Waals surface area contributed by atoms with Crippen molar-refractivity contribution in [2.45, 2.75) is 84.8 Å². The van der Waals surface area contributed by atoms with Crippen LogP contribution in [0.1, 0.15) is 79.1 Å². The highest BCUT2D eigenvalue weighted by Gasteiger charge is 2.71. The quantitative estimate of drug-likeness (QED) is 0.506. The van der Waals surface area contributed by atoms with Gasteiger partial charge in [0.25, 0.3) is 0 Å². The molecule has 30 heavy (non-hydrogen) atoms. The Balaban J connectivity index is 1.34. The van der Waals surface area contributed by atoms with Gasteiger partial charge in [-0.15, -0.1) is 0 Å². The highest BCUT2D eigenvalue weighted by Crippen LogP contribution is 2.77. The summed E-state index contributed by atoms with van der Waals surface area (Å²) in [5.74, 6) is 0.576. The molecule has 0 aromatic heterocycles. The van der Waals surface area contributed by atoms with Crippen molar-refractivity contribution in [3.63, 3.8) is 0 Å². The molecule has 5 aliphatic carbocycles. The molecular weight excluding hydrogens is 372 g/mol. The Morgan fingerprint density at radius 1 is 1.03 bits per heavy atom. The second-order valence-corrected chi connectivity index (χ2v) is 12.1. The minimum absolute atomic E-state index is 0.0646. The van der Waals surface area contributed by atoms with E-state index >= 15 is 0 Å². The van der Waals surface area contributed by atoms with Gasteiger partial charge in [0.05, 0.1) is 18.6 Å². The van der Waals surface area contributed by atoms with E-state index in [4.69, 9.17) is 9.47 Å². The van der Waals surface area contributed by atoms with Crippen molar-refractivity contribution in [3.05, 3.63) is 34.9 Å². The molecule has 1 saturated heterocycles. The van der Waals surface area contributed by atoms with E-state index < -0.39 is 0 Å². The van der Waals surface area contributed by atoms with Crippen molar-refractivity contribution < 1.29 is 14.3 Å². The zero-order valence-corrected chi connectivity index (χ0v) is 19.1. The zero-order valence-electron chi connectivity index (χ0n) is 19.1. The van der Waals surface area contributed by atoms with Gasteiger partial charge in [-0.2, -0.15) is 0 Å². The number of fused-ring (bicyclic) bond motifs is 2. The maximum Gasteiger partial charge on any atom is 0.172 e. The van der Waals surface area contributed by atoms with Gasteiger partial charge in [-0.1, -0.05) is 44.6 Å². The van der Waals surface area contributed by atoms with Crippen molar-refractivity contribution >= 4 is 5.78 Å². The predicted octanol–water partition coefficient (Wildman–Crippen LogP) is 5.91. The number of ether oxygens (including phenoxy) is 2. The van der Waals surface area contributed by atoms with Gasteiger partial charge in [0.15, 0.2) is 5.79 Å². The van der Waals surface area contributed by atoms with E-state index in [1.54, 1.807) is 16.7 Å². The number of carbonyl (C=O) groups excluding carboxylic acids is 1. The van der Waals surface area contributed by atoms with Crippen LogP contribution in [-0.4, -0.2) is 24.8 Å². The van der Waals surface area contributed by atoms with Crippen LogP contribution in [0.5, 0.6) is 0 Å². The molecule has 0 unspecified atom stereocenters. The lowest BCUT2D eigenvalue weighted by molar-refractivity contribution is -0.302. The van der Waals surface area contributed by atoms with Gasteiger partial charge in [0.2, 0.25) is 0 Å². The van der Waals surface area contributed by atoms with Gasteiger partial charge in [0, 0.05) is 23.7 Å². The van der Waals surface area contributed by atoms with Crippen molar-refractivity contribution in [2.24, 2.45) is 27.6 Å². The lowest BCUT2D eigenvalue weighted by Crippen LogP contribution is -2.51. The summed E-state index contributed by atoms with van der Waals surface area (Å²) < 4.78 is 12.7. The van der Waals surface area contributed by atoms with Crippen LogP contribution in [0, 0.1) is 27.6 Å². The Labute approximate surface area is 181 Å². The number of rotatable bonds is 1. The molecule has 3 heteroatoms. The molecule has 2 bridgehead atoms. The third kappa shape index (κ3) is 2.17. The van der Waals surface area contributed by atoms with Crippen LogP contribution >= 0.6 is 0 Å². The molecular formula is C27H36O3.